The second-order valence-corrected chi connectivity index (χ2v) is 7.50. The van der Waals surface area contributed by atoms with Crippen LogP contribution in [0.25, 0.3) is 0 Å². The maximum atomic E-state index is 12.7. The summed E-state index contributed by atoms with van der Waals surface area (Å²) in [4.78, 5) is 23.9. The highest BCUT2D eigenvalue weighted by molar-refractivity contribution is 6.19. The van der Waals surface area contributed by atoms with Crippen LogP contribution in [-0.2, 0) is 0 Å². The number of para-hydroxylation sites is 1. The van der Waals surface area contributed by atoms with Crippen LogP contribution in [0.15, 0.2) is 58.5 Å². The fourth-order valence-electron chi connectivity index (χ4n) is 3.12. The Bertz CT molecular complexity index is 939. The lowest BCUT2D eigenvalue weighted by molar-refractivity contribution is 0.0974. The zero-order valence-electron chi connectivity index (χ0n) is 15.7. The molecule has 1 N–H and O–H groups in total. The van der Waals surface area contributed by atoms with E-state index in [-0.39, 0.29) is 11.5 Å². The van der Waals surface area contributed by atoms with Gasteiger partial charge in [0.05, 0.1) is 12.2 Å². The fourth-order valence-corrected chi connectivity index (χ4v) is 3.12. The van der Waals surface area contributed by atoms with Crippen LogP contribution in [0.4, 0.5) is 5.69 Å². The molecule has 0 aromatic heterocycles. The van der Waals surface area contributed by atoms with Crippen LogP contribution in [-0.4, -0.2) is 41.3 Å². The number of nitrogens with one attached hydrogen (secondary N) is 1. The molecule has 0 radical (unpaired) electrons. The topological polar surface area (TPSA) is 66.3 Å². The Morgan fingerprint density at radius 3 is 2.59 bits per heavy atom. The van der Waals surface area contributed by atoms with E-state index < -0.39 is 0 Å². The minimum atomic E-state index is -0.278. The molecule has 2 heterocycles. The zero-order chi connectivity index (χ0) is 19.0. The van der Waals surface area contributed by atoms with E-state index >= 15 is 0 Å². The predicted octanol–water partition coefficient (Wildman–Crippen LogP) is 3.36. The number of nitrogens with zero attached hydrogens (tertiary/aromatic N) is 3. The number of amidine groups is 1. The fraction of sp³-hybridized carbons (Fsp3) is 0.286. The average molecular weight is 362 g/mol. The van der Waals surface area contributed by atoms with Gasteiger partial charge in [0.15, 0.2) is 0 Å². The minimum Gasteiger partial charge on any atom is -0.488 e. The number of hydrogen-bond acceptors (Lipinski definition) is 5. The van der Waals surface area contributed by atoms with Crippen LogP contribution in [0.1, 0.15) is 36.7 Å². The van der Waals surface area contributed by atoms with E-state index in [1.165, 1.54) is 0 Å². The van der Waals surface area contributed by atoms with E-state index in [0.29, 0.717) is 24.6 Å². The molecule has 0 atom stereocenters. The van der Waals surface area contributed by atoms with E-state index in [1.54, 1.807) is 24.3 Å². The molecule has 0 spiro atoms. The molecule has 0 saturated heterocycles. The lowest BCUT2D eigenvalue weighted by Crippen LogP contribution is -2.47. The van der Waals surface area contributed by atoms with Gasteiger partial charge < -0.3 is 4.74 Å². The average Bonchev–Trinajstić information content (AvgIpc) is 3.11. The Hall–Kier alpha value is -3.15. The number of carbonyl (C=O) groups excluding carboxylic acids is 1. The Balaban J connectivity index is 1.55. The highest BCUT2D eigenvalue weighted by atomic mass is 16.5. The van der Waals surface area contributed by atoms with Gasteiger partial charge in [-0.25, -0.2) is 4.99 Å². The first-order valence-corrected chi connectivity index (χ1v) is 9.01. The van der Waals surface area contributed by atoms with Crippen molar-refractivity contribution in [3.05, 3.63) is 59.7 Å². The van der Waals surface area contributed by atoms with Gasteiger partial charge in [0.25, 0.3) is 5.91 Å². The summed E-state index contributed by atoms with van der Waals surface area (Å²) < 4.78 is 5.80. The molecule has 0 bridgehead atoms. The molecule has 6 nitrogen and oxygen atoms in total. The summed E-state index contributed by atoms with van der Waals surface area (Å²) in [5.41, 5.74) is 2.09. The van der Waals surface area contributed by atoms with Crippen molar-refractivity contribution in [3.63, 3.8) is 0 Å². The third-order valence-electron chi connectivity index (χ3n) is 4.23. The summed E-state index contributed by atoms with van der Waals surface area (Å²) in [5.74, 6) is 1.91. The smallest absolute Gasteiger partial charge is 0.257 e. The summed E-state index contributed by atoms with van der Waals surface area (Å²) in [6, 6.07) is 15.0. The van der Waals surface area contributed by atoms with Crippen LogP contribution < -0.4 is 10.1 Å². The van der Waals surface area contributed by atoms with Gasteiger partial charge in [0.2, 0.25) is 5.96 Å². The van der Waals surface area contributed by atoms with Crippen molar-refractivity contribution in [3.8, 4) is 5.75 Å². The van der Waals surface area contributed by atoms with Crippen molar-refractivity contribution in [1.29, 1.82) is 0 Å². The highest BCUT2D eigenvalue weighted by Gasteiger charge is 2.30. The minimum absolute atomic E-state index is 0.207. The molecular formula is C21H22N4O2. The van der Waals surface area contributed by atoms with E-state index in [1.807, 2.05) is 49.9 Å². The van der Waals surface area contributed by atoms with Gasteiger partial charge in [-0.1, -0.05) is 12.1 Å². The summed E-state index contributed by atoms with van der Waals surface area (Å²) >= 11 is 0. The van der Waals surface area contributed by atoms with Crippen LogP contribution in [0, 0.1) is 0 Å². The van der Waals surface area contributed by atoms with Gasteiger partial charge in [0.1, 0.15) is 17.2 Å². The molecular weight excluding hydrogens is 340 g/mol. The Labute approximate surface area is 158 Å². The number of fused-ring (bicyclic) bond motifs is 3. The third-order valence-corrected chi connectivity index (χ3v) is 4.23. The molecule has 0 fully saturated rings. The second kappa shape index (κ2) is 6.54. The van der Waals surface area contributed by atoms with Gasteiger partial charge in [-0.15, -0.1) is 0 Å². The molecule has 4 rings (SSSR count). The quantitative estimate of drug-likeness (QED) is 0.891. The summed E-state index contributed by atoms with van der Waals surface area (Å²) in [6.07, 6.45) is 0. The van der Waals surface area contributed by atoms with Crippen molar-refractivity contribution in [2.75, 3.05) is 13.1 Å². The maximum absolute atomic E-state index is 12.7. The first kappa shape index (κ1) is 17.3. The number of rotatable bonds is 2. The number of ether oxygens (including phenoxy) is 1. The molecule has 2 aromatic rings. The Kier molecular flexibility index (Phi) is 4.18. The molecule has 0 aliphatic carbocycles. The van der Waals surface area contributed by atoms with E-state index in [2.05, 4.69) is 15.3 Å². The monoisotopic (exact) mass is 362 g/mol. The largest absolute Gasteiger partial charge is 0.488 e. The lowest BCUT2D eigenvalue weighted by Gasteiger charge is -2.27. The molecule has 2 aliphatic heterocycles. The van der Waals surface area contributed by atoms with Gasteiger partial charge in [-0.3, -0.25) is 20.0 Å². The van der Waals surface area contributed by atoms with Gasteiger partial charge in [-0.2, -0.15) is 0 Å². The van der Waals surface area contributed by atoms with Crippen LogP contribution in [0.2, 0.25) is 0 Å². The molecule has 0 unspecified atom stereocenters. The van der Waals surface area contributed by atoms with E-state index in [9.17, 15) is 4.79 Å². The van der Waals surface area contributed by atoms with Gasteiger partial charge in [-0.05, 0) is 57.2 Å². The normalized spacial score (nSPS) is 15.4. The number of guanidine groups is 1. The second-order valence-electron chi connectivity index (χ2n) is 7.50. The standard InChI is InChI=1S/C21H22N4O2/c1-21(2,3)27-15-10-8-14(9-11-15)19(26)24-20-23-17-7-5-4-6-16(17)18-22-12-13-25(18)20/h4-11H,12-13H2,1-3H3,(H,23,24,26). The molecule has 2 aromatic carbocycles. The highest BCUT2D eigenvalue weighted by Crippen LogP contribution is 2.27. The molecule has 138 valence electrons. The number of amides is 1. The van der Waals surface area contributed by atoms with Crippen molar-refractivity contribution < 1.29 is 9.53 Å². The van der Waals surface area contributed by atoms with Crippen LogP contribution in [0.5, 0.6) is 5.75 Å². The number of carbonyl (C=O) groups is 1. The molecule has 2 aliphatic rings. The first-order chi connectivity index (χ1) is 12.9. The Morgan fingerprint density at radius 2 is 1.85 bits per heavy atom. The zero-order valence-corrected chi connectivity index (χ0v) is 15.7. The van der Waals surface area contributed by atoms with Crippen LogP contribution >= 0.6 is 0 Å². The lowest BCUT2D eigenvalue weighted by atomic mass is 10.1. The third kappa shape index (κ3) is 3.56. The molecule has 6 heteroatoms. The van der Waals surface area contributed by atoms with Crippen molar-refractivity contribution in [1.82, 2.24) is 10.2 Å². The van der Waals surface area contributed by atoms with Crippen molar-refractivity contribution in [2.24, 2.45) is 9.98 Å². The summed E-state index contributed by atoms with van der Waals surface area (Å²) in [6.45, 7) is 7.37. The van der Waals surface area contributed by atoms with E-state index in [4.69, 9.17) is 4.74 Å². The number of hydrogen-bond donors (Lipinski definition) is 1. The van der Waals surface area contributed by atoms with Crippen molar-refractivity contribution >= 4 is 23.4 Å². The SMILES string of the molecule is CC(C)(C)Oc1ccc(C(=O)NC2=Nc3ccccc3C3=NCCN23)cc1. The van der Waals surface area contributed by atoms with Gasteiger partial charge in [0, 0.05) is 17.7 Å². The van der Waals surface area contributed by atoms with Gasteiger partial charge >= 0.3 is 0 Å². The number of aliphatic imine (C=N–C) groups is 2. The maximum Gasteiger partial charge on any atom is 0.257 e. The van der Waals surface area contributed by atoms with Crippen molar-refractivity contribution in [2.45, 2.75) is 26.4 Å². The molecule has 0 saturated carbocycles. The first-order valence-electron chi connectivity index (χ1n) is 9.01. The summed E-state index contributed by atoms with van der Waals surface area (Å²) in [7, 11) is 0. The van der Waals surface area contributed by atoms with Crippen LogP contribution in [0.3, 0.4) is 0 Å². The summed E-state index contributed by atoms with van der Waals surface area (Å²) in [5, 5.41) is 2.93. The van der Waals surface area contributed by atoms with E-state index in [0.717, 1.165) is 22.8 Å². The molecule has 1 amide bonds. The predicted molar refractivity (Wildman–Crippen MR) is 106 cm³/mol. The molecule has 27 heavy (non-hydrogen) atoms. The Morgan fingerprint density at radius 1 is 1.11 bits per heavy atom. The number of benzene rings is 2.